The van der Waals surface area contributed by atoms with E-state index in [4.69, 9.17) is 4.99 Å². The van der Waals surface area contributed by atoms with Crippen molar-refractivity contribution < 1.29 is 0 Å². The molecule has 1 aromatic heterocycles. The predicted molar refractivity (Wildman–Crippen MR) is 191 cm³/mol. The summed E-state index contributed by atoms with van der Waals surface area (Å²) < 4.78 is 0. The highest BCUT2D eigenvalue weighted by atomic mass is 14.8. The van der Waals surface area contributed by atoms with Gasteiger partial charge in [0.1, 0.15) is 0 Å². The number of hydrogen-bond donors (Lipinski definition) is 0. The van der Waals surface area contributed by atoms with E-state index in [-0.39, 0.29) is 0 Å². The molecule has 0 spiro atoms. The van der Waals surface area contributed by atoms with Crippen LogP contribution < -0.4 is 0 Å². The number of aromatic nitrogens is 1. The minimum Gasteiger partial charge on any atom is -0.280 e. The zero-order valence-corrected chi connectivity index (χ0v) is 24.8. The Morgan fingerprint density at radius 3 is 2.16 bits per heavy atom. The summed E-state index contributed by atoms with van der Waals surface area (Å²) in [6.45, 7) is 4.49. The van der Waals surface area contributed by atoms with Crippen LogP contribution in [0.15, 0.2) is 174 Å². The first-order chi connectivity index (χ1) is 22.2. The molecule has 0 N–H and O–H groups in total. The molecule has 0 aliphatic rings. The Morgan fingerprint density at radius 1 is 0.600 bits per heavy atom. The average molecular weight is 578 g/mol. The molecule has 3 heteroatoms. The molecule has 0 bridgehead atoms. The lowest BCUT2D eigenvalue weighted by molar-refractivity contribution is 1.07. The summed E-state index contributed by atoms with van der Waals surface area (Å²) in [5.41, 5.74) is 9.20. The lowest BCUT2D eigenvalue weighted by Gasteiger charge is -2.11. The summed E-state index contributed by atoms with van der Waals surface area (Å²) in [5, 5.41) is 4.88. The highest BCUT2D eigenvalue weighted by Gasteiger charge is 2.10. The first kappa shape index (κ1) is 27.9. The molecule has 0 aliphatic heterocycles. The van der Waals surface area contributed by atoms with Crippen molar-refractivity contribution in [3.05, 3.63) is 181 Å². The molecule has 0 saturated carbocycles. The third-order valence-electron chi connectivity index (χ3n) is 8.10. The number of fused-ring (bicyclic) bond motifs is 2. The van der Waals surface area contributed by atoms with Crippen molar-refractivity contribution in [3.63, 3.8) is 0 Å². The first-order valence-electron chi connectivity index (χ1n) is 15.1. The second kappa shape index (κ2) is 12.7. The van der Waals surface area contributed by atoms with Crippen molar-refractivity contribution in [2.75, 3.05) is 0 Å². The van der Waals surface area contributed by atoms with E-state index in [2.05, 4.69) is 156 Å². The monoisotopic (exact) mass is 577 g/mol. The fourth-order valence-corrected chi connectivity index (χ4v) is 5.80. The standard InChI is InChI=1S/C42H31N3/c1-43-41(36-16-6-14-34(25-36)38-18-9-23-44-29-38)27-42(45-28-30-21-22-31-10-2-3-12-33(31)24-30)37-17-7-15-35(26-37)40-20-8-13-32-11-4-5-19-39(32)40/h2-27,29H,1,28H2/b41-27-,45-42?. The topological polar surface area (TPSA) is 37.6 Å². The quantitative estimate of drug-likeness (QED) is 0.166. The molecule has 0 fully saturated rings. The van der Waals surface area contributed by atoms with E-state index >= 15 is 0 Å². The van der Waals surface area contributed by atoms with Gasteiger partial charge in [-0.05, 0) is 80.9 Å². The van der Waals surface area contributed by atoms with Crippen molar-refractivity contribution in [3.8, 4) is 22.3 Å². The van der Waals surface area contributed by atoms with E-state index < -0.39 is 0 Å². The third kappa shape index (κ3) is 6.11. The van der Waals surface area contributed by atoms with Gasteiger partial charge >= 0.3 is 0 Å². The number of hydrogen-bond acceptors (Lipinski definition) is 3. The van der Waals surface area contributed by atoms with Crippen LogP contribution >= 0.6 is 0 Å². The maximum Gasteiger partial charge on any atom is 0.0716 e. The van der Waals surface area contributed by atoms with Crippen molar-refractivity contribution in [1.82, 2.24) is 4.98 Å². The SMILES string of the molecule is C=N/C(=C\C(=NCc1ccc2ccccc2c1)c1cccc(-c2cccc3ccccc23)c1)c1cccc(-c2cccnc2)c1. The van der Waals surface area contributed by atoms with Gasteiger partial charge in [-0.3, -0.25) is 15.0 Å². The van der Waals surface area contributed by atoms with Gasteiger partial charge in [0.05, 0.1) is 18.0 Å². The van der Waals surface area contributed by atoms with Gasteiger partial charge in [-0.15, -0.1) is 0 Å². The molecule has 0 amide bonds. The molecular formula is C42H31N3. The van der Waals surface area contributed by atoms with Crippen LogP contribution in [-0.4, -0.2) is 17.4 Å². The van der Waals surface area contributed by atoms with Crippen molar-refractivity contribution in [2.24, 2.45) is 9.98 Å². The second-order valence-corrected chi connectivity index (χ2v) is 11.0. The number of allylic oxidation sites excluding steroid dienone is 1. The first-order valence-corrected chi connectivity index (χ1v) is 15.1. The molecule has 214 valence electrons. The van der Waals surface area contributed by atoms with Gasteiger partial charge in [-0.1, -0.05) is 121 Å². The smallest absolute Gasteiger partial charge is 0.0716 e. The molecule has 0 radical (unpaired) electrons. The molecule has 0 saturated heterocycles. The Balaban J connectivity index is 1.33. The van der Waals surface area contributed by atoms with Crippen molar-refractivity contribution in [1.29, 1.82) is 0 Å². The predicted octanol–water partition coefficient (Wildman–Crippen LogP) is 10.5. The van der Waals surface area contributed by atoms with Crippen LogP contribution in [0.25, 0.3) is 49.5 Å². The molecule has 1 heterocycles. The number of nitrogens with zero attached hydrogens (tertiary/aromatic N) is 3. The molecule has 6 aromatic carbocycles. The van der Waals surface area contributed by atoms with Gasteiger partial charge in [-0.25, -0.2) is 0 Å². The van der Waals surface area contributed by atoms with Gasteiger partial charge in [0.25, 0.3) is 0 Å². The minimum absolute atomic E-state index is 0.537. The summed E-state index contributed by atoms with van der Waals surface area (Å²) in [6, 6.07) is 50.9. The van der Waals surface area contributed by atoms with Gasteiger partial charge in [0.2, 0.25) is 0 Å². The van der Waals surface area contributed by atoms with E-state index in [0.29, 0.717) is 6.54 Å². The molecular weight excluding hydrogens is 546 g/mol. The summed E-state index contributed by atoms with van der Waals surface area (Å²) in [5.74, 6) is 0. The van der Waals surface area contributed by atoms with Crippen LogP contribution in [0.1, 0.15) is 16.7 Å². The van der Waals surface area contributed by atoms with Crippen molar-refractivity contribution >= 4 is 39.7 Å². The van der Waals surface area contributed by atoms with Gasteiger partial charge in [-0.2, -0.15) is 0 Å². The van der Waals surface area contributed by atoms with E-state index in [1.54, 1.807) is 6.20 Å². The molecule has 7 aromatic rings. The van der Waals surface area contributed by atoms with Gasteiger partial charge < -0.3 is 0 Å². The molecule has 45 heavy (non-hydrogen) atoms. The Bertz CT molecular complexity index is 2200. The fraction of sp³-hybridized carbons (Fsp3) is 0.0238. The maximum atomic E-state index is 5.20. The van der Waals surface area contributed by atoms with Crippen LogP contribution in [-0.2, 0) is 6.54 Å². The number of pyridine rings is 1. The van der Waals surface area contributed by atoms with Crippen LogP contribution in [0, 0.1) is 0 Å². The van der Waals surface area contributed by atoms with Crippen molar-refractivity contribution in [2.45, 2.75) is 6.54 Å². The zero-order valence-electron chi connectivity index (χ0n) is 24.8. The summed E-state index contributed by atoms with van der Waals surface area (Å²) in [6.07, 6.45) is 5.71. The fourth-order valence-electron chi connectivity index (χ4n) is 5.80. The molecule has 0 unspecified atom stereocenters. The highest BCUT2D eigenvalue weighted by Crippen LogP contribution is 2.30. The van der Waals surface area contributed by atoms with Crippen LogP contribution in [0.5, 0.6) is 0 Å². The Kier molecular flexibility index (Phi) is 7.89. The van der Waals surface area contributed by atoms with Gasteiger partial charge in [0, 0.05) is 29.1 Å². The van der Waals surface area contributed by atoms with Crippen LogP contribution in [0.4, 0.5) is 0 Å². The van der Waals surface area contributed by atoms with Gasteiger partial charge in [0.15, 0.2) is 0 Å². The van der Waals surface area contributed by atoms with Crippen LogP contribution in [0.2, 0.25) is 0 Å². The Morgan fingerprint density at radius 2 is 1.31 bits per heavy atom. The Hall–Kier alpha value is -5.93. The zero-order chi connectivity index (χ0) is 30.4. The summed E-state index contributed by atoms with van der Waals surface area (Å²) in [4.78, 5) is 14.0. The Labute approximate surface area is 263 Å². The largest absolute Gasteiger partial charge is 0.280 e. The molecule has 0 aliphatic carbocycles. The van der Waals surface area contributed by atoms with Crippen LogP contribution in [0.3, 0.4) is 0 Å². The highest BCUT2D eigenvalue weighted by molar-refractivity contribution is 6.13. The molecule has 7 rings (SSSR count). The summed E-state index contributed by atoms with van der Waals surface area (Å²) >= 11 is 0. The lowest BCUT2D eigenvalue weighted by Crippen LogP contribution is -2.01. The number of aliphatic imine (C=N–C) groups is 2. The lowest BCUT2D eigenvalue weighted by atomic mass is 9.95. The minimum atomic E-state index is 0.537. The van der Waals surface area contributed by atoms with E-state index in [1.807, 2.05) is 18.3 Å². The maximum absolute atomic E-state index is 5.20. The van der Waals surface area contributed by atoms with E-state index in [1.165, 1.54) is 27.1 Å². The number of rotatable bonds is 8. The normalized spacial score (nSPS) is 12.0. The molecule has 3 nitrogen and oxygen atoms in total. The average Bonchev–Trinajstić information content (AvgIpc) is 3.12. The second-order valence-electron chi connectivity index (χ2n) is 11.0. The summed E-state index contributed by atoms with van der Waals surface area (Å²) in [7, 11) is 0. The molecule has 0 atom stereocenters. The third-order valence-corrected chi connectivity index (χ3v) is 8.10. The van der Waals surface area contributed by atoms with E-state index in [9.17, 15) is 0 Å². The van der Waals surface area contributed by atoms with E-state index in [0.717, 1.165) is 44.8 Å². The number of benzene rings is 6.